The van der Waals surface area contributed by atoms with Crippen LogP contribution in [0.2, 0.25) is 0 Å². The molecule has 0 heterocycles. The van der Waals surface area contributed by atoms with Crippen molar-refractivity contribution in [1.82, 2.24) is 0 Å². The fourth-order valence-electron chi connectivity index (χ4n) is 1.08. The summed E-state index contributed by atoms with van der Waals surface area (Å²) < 4.78 is 0. The number of nitrogens with two attached hydrogens (primary N) is 1. The van der Waals surface area contributed by atoms with Crippen LogP contribution in [0.5, 0.6) is 0 Å². The molecule has 0 saturated carbocycles. The Hall–Kier alpha value is -0.720. The van der Waals surface area contributed by atoms with E-state index in [0.29, 0.717) is 5.41 Å². The van der Waals surface area contributed by atoms with Crippen molar-refractivity contribution in [2.75, 3.05) is 0 Å². The zero-order valence-corrected chi connectivity index (χ0v) is 6.72. The summed E-state index contributed by atoms with van der Waals surface area (Å²) in [5, 5.41) is 0. The number of allylic oxidation sites excluding steroid dienone is 3. The van der Waals surface area contributed by atoms with E-state index in [1.807, 2.05) is 6.08 Å². The first kappa shape index (κ1) is 7.39. The quantitative estimate of drug-likeness (QED) is 0.544. The number of hydrogen-bond acceptors (Lipinski definition) is 1. The van der Waals surface area contributed by atoms with E-state index >= 15 is 0 Å². The van der Waals surface area contributed by atoms with Crippen LogP contribution in [0, 0.1) is 5.41 Å². The molecule has 10 heavy (non-hydrogen) atoms. The van der Waals surface area contributed by atoms with E-state index in [0.717, 1.165) is 12.1 Å². The van der Waals surface area contributed by atoms with Crippen molar-refractivity contribution < 1.29 is 0 Å². The summed E-state index contributed by atoms with van der Waals surface area (Å²) in [7, 11) is 0. The molecule has 0 unspecified atom stereocenters. The summed E-state index contributed by atoms with van der Waals surface area (Å²) in [6.07, 6.45) is 8.58. The highest BCUT2D eigenvalue weighted by Gasteiger charge is 2.13. The van der Waals surface area contributed by atoms with Crippen molar-refractivity contribution in [1.29, 1.82) is 0 Å². The number of hydrogen-bond donors (Lipinski definition) is 1. The van der Waals surface area contributed by atoms with E-state index in [-0.39, 0.29) is 0 Å². The van der Waals surface area contributed by atoms with Crippen LogP contribution in [0.3, 0.4) is 0 Å². The molecule has 1 rings (SSSR count). The summed E-state index contributed by atoms with van der Waals surface area (Å²) >= 11 is 0. The minimum Gasteiger partial charge on any atom is -0.399 e. The zero-order valence-electron chi connectivity index (χ0n) is 6.72. The number of rotatable bonds is 0. The van der Waals surface area contributed by atoms with Crippen molar-refractivity contribution in [2.45, 2.75) is 26.7 Å². The van der Waals surface area contributed by atoms with E-state index in [9.17, 15) is 0 Å². The van der Waals surface area contributed by atoms with Gasteiger partial charge in [0.1, 0.15) is 0 Å². The molecule has 0 aliphatic heterocycles. The lowest BCUT2D eigenvalue weighted by molar-refractivity contribution is 0.445. The standard InChI is InChI=1S/C9H15N/c1-9(2)6-3-4-8(10)5-7-9/h4-5,7H,3,6,10H2,1-2H3. The van der Waals surface area contributed by atoms with Gasteiger partial charge in [-0.3, -0.25) is 0 Å². The van der Waals surface area contributed by atoms with Crippen molar-refractivity contribution in [3.63, 3.8) is 0 Å². The van der Waals surface area contributed by atoms with Gasteiger partial charge in [0.2, 0.25) is 0 Å². The first-order chi connectivity index (χ1) is 4.60. The summed E-state index contributed by atoms with van der Waals surface area (Å²) in [6.45, 7) is 4.46. The maximum Gasteiger partial charge on any atom is 0.0270 e. The van der Waals surface area contributed by atoms with Crippen LogP contribution in [0.4, 0.5) is 0 Å². The molecule has 56 valence electrons. The lowest BCUT2D eigenvalue weighted by Crippen LogP contribution is -2.04. The maximum absolute atomic E-state index is 5.63. The third kappa shape index (κ3) is 1.90. The van der Waals surface area contributed by atoms with Crippen LogP contribution in [0.25, 0.3) is 0 Å². The molecule has 0 bridgehead atoms. The van der Waals surface area contributed by atoms with Gasteiger partial charge in [-0.05, 0) is 24.3 Å². The van der Waals surface area contributed by atoms with Crippen molar-refractivity contribution in [3.8, 4) is 0 Å². The molecule has 0 aromatic carbocycles. The molecule has 1 heteroatoms. The fourth-order valence-corrected chi connectivity index (χ4v) is 1.08. The van der Waals surface area contributed by atoms with Gasteiger partial charge in [-0.25, -0.2) is 0 Å². The molecule has 1 nitrogen and oxygen atoms in total. The summed E-state index contributed by atoms with van der Waals surface area (Å²) in [5.41, 5.74) is 6.87. The second kappa shape index (κ2) is 2.49. The molecular formula is C9H15N. The van der Waals surface area contributed by atoms with E-state index in [1.54, 1.807) is 0 Å². The Morgan fingerprint density at radius 2 is 2.20 bits per heavy atom. The minimum absolute atomic E-state index is 0.331. The van der Waals surface area contributed by atoms with Crippen LogP contribution in [-0.2, 0) is 0 Å². The predicted molar refractivity (Wildman–Crippen MR) is 44.4 cm³/mol. The SMILES string of the molecule is CC1(C)C=CC(N)=CCC1. The van der Waals surface area contributed by atoms with E-state index in [1.165, 1.54) is 6.42 Å². The molecule has 0 saturated heterocycles. The Morgan fingerprint density at radius 3 is 2.90 bits per heavy atom. The van der Waals surface area contributed by atoms with Gasteiger partial charge in [-0.15, -0.1) is 0 Å². The fraction of sp³-hybridized carbons (Fsp3) is 0.556. The third-order valence-corrected chi connectivity index (χ3v) is 1.90. The van der Waals surface area contributed by atoms with Gasteiger partial charge < -0.3 is 5.73 Å². The lowest BCUT2D eigenvalue weighted by Gasteiger charge is -2.16. The Labute approximate surface area is 62.6 Å². The normalized spacial score (nSPS) is 23.6. The highest BCUT2D eigenvalue weighted by Crippen LogP contribution is 2.26. The van der Waals surface area contributed by atoms with Crippen LogP contribution in [-0.4, -0.2) is 0 Å². The highest BCUT2D eigenvalue weighted by atomic mass is 14.6. The van der Waals surface area contributed by atoms with Crippen LogP contribution >= 0.6 is 0 Å². The smallest absolute Gasteiger partial charge is 0.0270 e. The summed E-state index contributed by atoms with van der Waals surface area (Å²) in [5.74, 6) is 0. The maximum atomic E-state index is 5.63. The van der Waals surface area contributed by atoms with E-state index in [2.05, 4.69) is 26.0 Å². The molecular weight excluding hydrogens is 122 g/mol. The molecule has 1 aliphatic rings. The van der Waals surface area contributed by atoms with Crippen molar-refractivity contribution in [2.24, 2.45) is 11.1 Å². The van der Waals surface area contributed by atoms with Gasteiger partial charge in [0.25, 0.3) is 0 Å². The molecule has 1 aliphatic carbocycles. The second-order valence-corrected chi connectivity index (χ2v) is 3.56. The molecule has 0 amide bonds. The molecule has 0 spiro atoms. The van der Waals surface area contributed by atoms with Crippen LogP contribution in [0.15, 0.2) is 23.9 Å². The predicted octanol–water partition coefficient (Wildman–Crippen LogP) is 2.21. The van der Waals surface area contributed by atoms with Crippen LogP contribution in [0.1, 0.15) is 26.7 Å². The molecule has 0 aromatic heterocycles. The first-order valence-electron chi connectivity index (χ1n) is 3.75. The lowest BCUT2D eigenvalue weighted by atomic mass is 9.89. The minimum atomic E-state index is 0.331. The van der Waals surface area contributed by atoms with Crippen LogP contribution < -0.4 is 5.73 Å². The molecule has 0 fully saturated rings. The van der Waals surface area contributed by atoms with Gasteiger partial charge in [0, 0.05) is 5.70 Å². The molecule has 0 atom stereocenters. The topological polar surface area (TPSA) is 26.0 Å². The average Bonchev–Trinajstić information content (AvgIpc) is 1.94. The first-order valence-corrected chi connectivity index (χ1v) is 3.75. The second-order valence-electron chi connectivity index (χ2n) is 3.56. The summed E-state index contributed by atoms with van der Waals surface area (Å²) in [6, 6.07) is 0. The molecule has 0 radical (unpaired) electrons. The van der Waals surface area contributed by atoms with E-state index in [4.69, 9.17) is 5.73 Å². The third-order valence-electron chi connectivity index (χ3n) is 1.90. The van der Waals surface area contributed by atoms with Gasteiger partial charge >= 0.3 is 0 Å². The van der Waals surface area contributed by atoms with Gasteiger partial charge in [-0.2, -0.15) is 0 Å². The molecule has 0 aromatic rings. The van der Waals surface area contributed by atoms with Crippen molar-refractivity contribution in [3.05, 3.63) is 23.9 Å². The largest absolute Gasteiger partial charge is 0.399 e. The Bertz CT molecular complexity index is 175. The Kier molecular flexibility index (Phi) is 1.84. The monoisotopic (exact) mass is 137 g/mol. The average molecular weight is 137 g/mol. The zero-order chi connectivity index (χ0) is 7.61. The Balaban J connectivity index is 2.71. The van der Waals surface area contributed by atoms with Gasteiger partial charge in [0.05, 0.1) is 0 Å². The highest BCUT2D eigenvalue weighted by molar-refractivity contribution is 5.19. The molecule has 2 N–H and O–H groups in total. The van der Waals surface area contributed by atoms with Gasteiger partial charge in [-0.1, -0.05) is 26.0 Å². The van der Waals surface area contributed by atoms with Crippen molar-refractivity contribution >= 4 is 0 Å². The summed E-state index contributed by atoms with van der Waals surface area (Å²) in [4.78, 5) is 0. The van der Waals surface area contributed by atoms with Gasteiger partial charge in [0.15, 0.2) is 0 Å². The Morgan fingerprint density at radius 1 is 1.50 bits per heavy atom. The van der Waals surface area contributed by atoms with E-state index < -0.39 is 0 Å².